The average molecular weight is 479 g/mol. The standard InChI is InChI=1S/C23H26O7S2/c1-15-3-7-17(8-4-15)31(25,26)29-13-21-19-11-12-20(23(19)24)22(21)14-30-32(27,28)18-9-5-16(2)6-10-18/h3-10,19-22H,11-14H2,1-2H3/t19-,20-,21-,22-/m0/s1. The van der Waals surface area contributed by atoms with E-state index in [0.29, 0.717) is 12.8 Å². The number of Topliss-reactive ketones (excluding diaryl/α,β-unsaturated/α-hetero) is 1. The van der Waals surface area contributed by atoms with E-state index in [1.165, 1.54) is 24.3 Å². The molecule has 7 nitrogen and oxygen atoms in total. The van der Waals surface area contributed by atoms with Crippen molar-refractivity contribution >= 4 is 26.0 Å². The maximum atomic E-state index is 12.6. The summed E-state index contributed by atoms with van der Waals surface area (Å²) in [6.07, 6.45) is 1.31. The van der Waals surface area contributed by atoms with Crippen molar-refractivity contribution in [2.24, 2.45) is 23.7 Å². The normalized spacial score (nSPS) is 25.4. The molecule has 0 aliphatic heterocycles. The first-order valence-corrected chi connectivity index (χ1v) is 13.4. The fourth-order valence-corrected chi connectivity index (χ4v) is 6.61. The second-order valence-corrected chi connectivity index (χ2v) is 11.9. The summed E-state index contributed by atoms with van der Waals surface area (Å²) in [4.78, 5) is 12.7. The van der Waals surface area contributed by atoms with E-state index >= 15 is 0 Å². The van der Waals surface area contributed by atoms with Crippen molar-refractivity contribution in [3.63, 3.8) is 0 Å². The van der Waals surface area contributed by atoms with E-state index in [2.05, 4.69) is 0 Å². The number of benzene rings is 2. The maximum Gasteiger partial charge on any atom is 0.296 e. The van der Waals surface area contributed by atoms with Gasteiger partial charge in [-0.25, -0.2) is 0 Å². The van der Waals surface area contributed by atoms with Crippen LogP contribution in [-0.4, -0.2) is 35.8 Å². The fraction of sp³-hybridized carbons (Fsp3) is 0.435. The molecule has 4 atom stereocenters. The number of carbonyl (C=O) groups excluding carboxylic acids is 1. The third kappa shape index (κ3) is 4.52. The summed E-state index contributed by atoms with van der Waals surface area (Å²) in [5, 5.41) is 0. The van der Waals surface area contributed by atoms with Gasteiger partial charge in [0.15, 0.2) is 0 Å². The topological polar surface area (TPSA) is 104 Å². The molecular weight excluding hydrogens is 452 g/mol. The molecule has 0 amide bonds. The molecule has 0 unspecified atom stereocenters. The van der Waals surface area contributed by atoms with E-state index in [4.69, 9.17) is 8.37 Å². The van der Waals surface area contributed by atoms with Crippen molar-refractivity contribution in [2.75, 3.05) is 13.2 Å². The van der Waals surface area contributed by atoms with Crippen LogP contribution in [0.3, 0.4) is 0 Å². The molecular formula is C23H26O7S2. The molecule has 4 rings (SSSR count). The average Bonchev–Trinajstić information content (AvgIpc) is 3.24. The fourth-order valence-electron chi connectivity index (χ4n) is 4.73. The number of fused-ring (bicyclic) bond motifs is 2. The number of hydrogen-bond donors (Lipinski definition) is 0. The second kappa shape index (κ2) is 8.70. The second-order valence-electron chi connectivity index (χ2n) is 8.62. The molecule has 0 heterocycles. The van der Waals surface area contributed by atoms with Crippen LogP contribution in [0.2, 0.25) is 0 Å². The first-order valence-electron chi connectivity index (χ1n) is 10.5. The van der Waals surface area contributed by atoms with Gasteiger partial charge in [0.25, 0.3) is 20.2 Å². The lowest BCUT2D eigenvalue weighted by atomic mass is 9.80. The molecule has 2 aromatic rings. The van der Waals surface area contributed by atoms with Crippen LogP contribution in [0.5, 0.6) is 0 Å². The third-order valence-electron chi connectivity index (χ3n) is 6.55. The van der Waals surface area contributed by atoms with E-state index in [0.717, 1.165) is 11.1 Å². The van der Waals surface area contributed by atoms with Crippen LogP contribution in [0.25, 0.3) is 0 Å². The number of ketones is 1. The maximum absolute atomic E-state index is 12.6. The van der Waals surface area contributed by atoms with E-state index < -0.39 is 32.1 Å². The molecule has 0 N–H and O–H groups in total. The lowest BCUT2D eigenvalue weighted by molar-refractivity contribution is -0.122. The van der Waals surface area contributed by atoms with Crippen molar-refractivity contribution in [1.82, 2.24) is 0 Å². The largest absolute Gasteiger partial charge is 0.299 e. The lowest BCUT2D eigenvalue weighted by Crippen LogP contribution is -2.31. The van der Waals surface area contributed by atoms with Gasteiger partial charge in [-0.05, 0) is 62.8 Å². The molecule has 2 bridgehead atoms. The zero-order valence-electron chi connectivity index (χ0n) is 17.9. The minimum Gasteiger partial charge on any atom is -0.299 e. The van der Waals surface area contributed by atoms with Crippen molar-refractivity contribution in [3.05, 3.63) is 59.7 Å². The SMILES string of the molecule is Cc1ccc(S(=O)(=O)OC[C@@H]2[C@@H](COS(=O)(=O)c3ccc(C)cc3)[C@@H]3CC[C@@H]2C3=O)cc1. The Kier molecular flexibility index (Phi) is 6.28. The molecule has 172 valence electrons. The van der Waals surface area contributed by atoms with Gasteiger partial charge < -0.3 is 0 Å². The van der Waals surface area contributed by atoms with Crippen LogP contribution in [-0.2, 0) is 33.4 Å². The Hall–Kier alpha value is -2.07. The van der Waals surface area contributed by atoms with Gasteiger partial charge in [0.05, 0.1) is 23.0 Å². The number of rotatable bonds is 8. The zero-order chi connectivity index (χ0) is 23.1. The van der Waals surface area contributed by atoms with E-state index in [-0.39, 0.29) is 40.6 Å². The highest BCUT2D eigenvalue weighted by molar-refractivity contribution is 7.87. The van der Waals surface area contributed by atoms with Crippen molar-refractivity contribution in [3.8, 4) is 0 Å². The minimum absolute atomic E-state index is 0.0485. The highest BCUT2D eigenvalue weighted by Gasteiger charge is 2.54. The van der Waals surface area contributed by atoms with E-state index in [9.17, 15) is 21.6 Å². The first-order chi connectivity index (χ1) is 15.1. The summed E-state index contributed by atoms with van der Waals surface area (Å²) in [6.45, 7) is 3.35. The summed E-state index contributed by atoms with van der Waals surface area (Å²) in [5.74, 6) is -1.43. The van der Waals surface area contributed by atoms with Gasteiger partial charge in [-0.1, -0.05) is 35.4 Å². The molecule has 2 aliphatic rings. The van der Waals surface area contributed by atoms with Crippen LogP contribution in [0, 0.1) is 37.5 Å². The van der Waals surface area contributed by atoms with Gasteiger partial charge in [-0.3, -0.25) is 13.2 Å². The Morgan fingerprint density at radius 2 is 1.03 bits per heavy atom. The number of hydrogen-bond acceptors (Lipinski definition) is 7. The highest BCUT2D eigenvalue weighted by atomic mass is 32.2. The predicted molar refractivity (Wildman–Crippen MR) is 117 cm³/mol. The Morgan fingerprint density at radius 1 is 0.688 bits per heavy atom. The molecule has 0 spiro atoms. The Balaban J connectivity index is 1.47. The summed E-state index contributed by atoms with van der Waals surface area (Å²) in [5.41, 5.74) is 1.85. The molecule has 2 aliphatic carbocycles. The summed E-state index contributed by atoms with van der Waals surface area (Å²) in [7, 11) is -7.97. The molecule has 32 heavy (non-hydrogen) atoms. The predicted octanol–water partition coefficient (Wildman–Crippen LogP) is 3.26. The molecule has 0 saturated heterocycles. The van der Waals surface area contributed by atoms with Gasteiger partial charge in [-0.15, -0.1) is 0 Å². The number of carbonyl (C=O) groups is 1. The van der Waals surface area contributed by atoms with Crippen LogP contribution < -0.4 is 0 Å². The van der Waals surface area contributed by atoms with Gasteiger partial charge in [-0.2, -0.15) is 16.8 Å². The Morgan fingerprint density at radius 3 is 1.38 bits per heavy atom. The summed E-state index contributed by atoms with van der Waals surface area (Å²) >= 11 is 0. The smallest absolute Gasteiger partial charge is 0.296 e. The van der Waals surface area contributed by atoms with Gasteiger partial charge >= 0.3 is 0 Å². The molecule has 0 radical (unpaired) electrons. The Bertz CT molecular complexity index is 1100. The van der Waals surface area contributed by atoms with Crippen molar-refractivity contribution in [2.45, 2.75) is 36.5 Å². The van der Waals surface area contributed by atoms with Gasteiger partial charge in [0, 0.05) is 11.8 Å². The van der Waals surface area contributed by atoms with Crippen molar-refractivity contribution < 1.29 is 30.0 Å². The third-order valence-corrected chi connectivity index (χ3v) is 9.15. The first kappa shape index (κ1) is 23.1. The molecule has 2 fully saturated rings. The summed E-state index contributed by atoms with van der Waals surface area (Å²) in [6, 6.07) is 12.6. The quantitative estimate of drug-likeness (QED) is 0.537. The van der Waals surface area contributed by atoms with Crippen LogP contribution in [0.4, 0.5) is 0 Å². The summed E-state index contributed by atoms with van der Waals surface area (Å²) < 4.78 is 61.0. The molecule has 2 saturated carbocycles. The Labute approximate surface area is 189 Å². The van der Waals surface area contributed by atoms with E-state index in [1.807, 2.05) is 13.8 Å². The van der Waals surface area contributed by atoms with Gasteiger partial charge in [0.1, 0.15) is 5.78 Å². The number of aryl methyl sites for hydroxylation is 2. The van der Waals surface area contributed by atoms with Crippen LogP contribution >= 0.6 is 0 Å². The van der Waals surface area contributed by atoms with Gasteiger partial charge in [0.2, 0.25) is 0 Å². The lowest BCUT2D eigenvalue weighted by Gasteiger charge is -2.28. The van der Waals surface area contributed by atoms with Crippen molar-refractivity contribution in [1.29, 1.82) is 0 Å². The molecule has 0 aromatic heterocycles. The van der Waals surface area contributed by atoms with Crippen LogP contribution in [0.15, 0.2) is 58.3 Å². The monoisotopic (exact) mass is 478 g/mol. The van der Waals surface area contributed by atoms with Crippen LogP contribution in [0.1, 0.15) is 24.0 Å². The molecule has 2 aromatic carbocycles. The highest BCUT2D eigenvalue weighted by Crippen LogP contribution is 2.50. The minimum atomic E-state index is -3.98. The van der Waals surface area contributed by atoms with E-state index in [1.54, 1.807) is 24.3 Å². The molecule has 9 heteroatoms. The zero-order valence-corrected chi connectivity index (χ0v) is 19.6.